The van der Waals surface area contributed by atoms with E-state index in [2.05, 4.69) is 5.32 Å². The topological polar surface area (TPSA) is 73.9 Å². The summed E-state index contributed by atoms with van der Waals surface area (Å²) in [5, 5.41) is 2.62. The molecule has 0 fully saturated rings. The SMILES string of the molecule is Cc1ccc(C)c(OCC(=O)OCC(=O)NCCOc2ccccc2)c1. The second-order valence-corrected chi connectivity index (χ2v) is 5.73. The second-order valence-electron chi connectivity index (χ2n) is 5.73. The molecule has 2 aromatic rings. The van der Waals surface area contributed by atoms with Crippen molar-refractivity contribution < 1.29 is 23.8 Å². The van der Waals surface area contributed by atoms with E-state index in [0.717, 1.165) is 16.9 Å². The van der Waals surface area contributed by atoms with E-state index in [4.69, 9.17) is 14.2 Å². The van der Waals surface area contributed by atoms with E-state index in [1.807, 2.05) is 62.4 Å². The lowest BCUT2D eigenvalue weighted by molar-refractivity contribution is -0.150. The summed E-state index contributed by atoms with van der Waals surface area (Å²) in [5.74, 6) is 0.379. The third-order valence-corrected chi connectivity index (χ3v) is 3.49. The highest BCUT2D eigenvalue weighted by molar-refractivity contribution is 5.80. The Hall–Kier alpha value is -3.02. The maximum Gasteiger partial charge on any atom is 0.344 e. The molecule has 138 valence electrons. The van der Waals surface area contributed by atoms with E-state index in [-0.39, 0.29) is 19.1 Å². The molecule has 0 heterocycles. The number of esters is 1. The fraction of sp³-hybridized carbons (Fsp3) is 0.300. The van der Waals surface area contributed by atoms with Crippen molar-refractivity contribution in [3.05, 3.63) is 59.7 Å². The molecule has 1 N–H and O–H groups in total. The number of rotatable bonds is 9. The van der Waals surface area contributed by atoms with Crippen LogP contribution >= 0.6 is 0 Å². The molecule has 0 saturated heterocycles. The molecule has 0 aromatic heterocycles. The van der Waals surface area contributed by atoms with Crippen LogP contribution in [0.5, 0.6) is 11.5 Å². The number of hydrogen-bond donors (Lipinski definition) is 1. The lowest BCUT2D eigenvalue weighted by atomic mass is 10.1. The van der Waals surface area contributed by atoms with Crippen molar-refractivity contribution in [2.24, 2.45) is 0 Å². The summed E-state index contributed by atoms with van der Waals surface area (Å²) in [7, 11) is 0. The quantitative estimate of drug-likeness (QED) is 0.551. The Kier molecular flexibility index (Phi) is 7.49. The van der Waals surface area contributed by atoms with Crippen LogP contribution in [0.2, 0.25) is 0 Å². The minimum Gasteiger partial charge on any atom is -0.492 e. The molecule has 0 aliphatic heterocycles. The zero-order valence-electron chi connectivity index (χ0n) is 15.0. The van der Waals surface area contributed by atoms with Crippen LogP contribution < -0.4 is 14.8 Å². The van der Waals surface area contributed by atoms with Gasteiger partial charge >= 0.3 is 5.97 Å². The molecule has 6 heteroatoms. The number of ether oxygens (including phenoxy) is 3. The Labute approximate surface area is 153 Å². The number of amides is 1. The van der Waals surface area contributed by atoms with Crippen LogP contribution in [0.3, 0.4) is 0 Å². The van der Waals surface area contributed by atoms with Crippen molar-refractivity contribution in [3.63, 3.8) is 0 Å². The molecule has 0 unspecified atom stereocenters. The Morgan fingerprint density at radius 2 is 1.73 bits per heavy atom. The van der Waals surface area contributed by atoms with Crippen molar-refractivity contribution >= 4 is 11.9 Å². The number of benzene rings is 2. The Balaban J connectivity index is 1.59. The summed E-state index contributed by atoms with van der Waals surface area (Å²) in [4.78, 5) is 23.3. The fourth-order valence-corrected chi connectivity index (χ4v) is 2.11. The van der Waals surface area contributed by atoms with Gasteiger partial charge in [0.15, 0.2) is 13.2 Å². The van der Waals surface area contributed by atoms with Gasteiger partial charge in [0, 0.05) is 0 Å². The highest BCUT2D eigenvalue weighted by Gasteiger charge is 2.09. The van der Waals surface area contributed by atoms with Crippen molar-refractivity contribution in [1.82, 2.24) is 5.32 Å². The number of aryl methyl sites for hydroxylation is 2. The van der Waals surface area contributed by atoms with E-state index < -0.39 is 5.97 Å². The van der Waals surface area contributed by atoms with Crippen LogP contribution in [0.1, 0.15) is 11.1 Å². The number of carbonyl (C=O) groups is 2. The monoisotopic (exact) mass is 357 g/mol. The summed E-state index contributed by atoms with van der Waals surface area (Å²) in [6.07, 6.45) is 0. The van der Waals surface area contributed by atoms with Gasteiger partial charge in [-0.3, -0.25) is 4.79 Å². The minimum atomic E-state index is -0.596. The molecular weight excluding hydrogens is 334 g/mol. The van der Waals surface area contributed by atoms with Crippen molar-refractivity contribution in [2.45, 2.75) is 13.8 Å². The molecule has 0 aliphatic rings. The summed E-state index contributed by atoms with van der Waals surface area (Å²) < 4.78 is 15.8. The third-order valence-electron chi connectivity index (χ3n) is 3.49. The number of para-hydroxylation sites is 1. The van der Waals surface area contributed by atoms with E-state index in [9.17, 15) is 9.59 Å². The standard InChI is InChI=1S/C20H23NO5/c1-15-8-9-16(2)18(12-15)25-14-20(23)26-13-19(22)21-10-11-24-17-6-4-3-5-7-17/h3-9,12H,10-11,13-14H2,1-2H3,(H,21,22). The molecule has 2 aromatic carbocycles. The van der Waals surface area contributed by atoms with Crippen molar-refractivity contribution in [2.75, 3.05) is 26.4 Å². The minimum absolute atomic E-state index is 0.241. The van der Waals surface area contributed by atoms with Gasteiger partial charge in [0.05, 0.1) is 6.54 Å². The smallest absolute Gasteiger partial charge is 0.344 e. The lowest BCUT2D eigenvalue weighted by Gasteiger charge is -2.10. The van der Waals surface area contributed by atoms with Gasteiger partial charge < -0.3 is 19.5 Å². The predicted molar refractivity (Wildman–Crippen MR) is 97.3 cm³/mol. The average Bonchev–Trinajstić information content (AvgIpc) is 2.65. The largest absolute Gasteiger partial charge is 0.492 e. The molecule has 6 nitrogen and oxygen atoms in total. The zero-order chi connectivity index (χ0) is 18.8. The Bertz CT molecular complexity index is 730. The molecule has 0 radical (unpaired) electrons. The number of carbonyl (C=O) groups excluding carboxylic acids is 2. The summed E-state index contributed by atoms with van der Waals surface area (Å²) in [6, 6.07) is 15.0. The first-order valence-electron chi connectivity index (χ1n) is 8.35. The molecule has 0 spiro atoms. The molecule has 2 rings (SSSR count). The highest BCUT2D eigenvalue weighted by Crippen LogP contribution is 2.18. The fourth-order valence-electron chi connectivity index (χ4n) is 2.11. The van der Waals surface area contributed by atoms with Gasteiger partial charge in [-0.2, -0.15) is 0 Å². The average molecular weight is 357 g/mol. The molecule has 0 aliphatic carbocycles. The third kappa shape index (κ3) is 6.84. The lowest BCUT2D eigenvalue weighted by Crippen LogP contribution is -2.32. The van der Waals surface area contributed by atoms with Crippen LogP contribution in [0.25, 0.3) is 0 Å². The van der Waals surface area contributed by atoms with Gasteiger partial charge in [-0.25, -0.2) is 4.79 Å². The summed E-state index contributed by atoms with van der Waals surface area (Å²) >= 11 is 0. The van der Waals surface area contributed by atoms with E-state index in [1.165, 1.54) is 0 Å². The van der Waals surface area contributed by atoms with Gasteiger partial charge in [-0.05, 0) is 43.2 Å². The zero-order valence-corrected chi connectivity index (χ0v) is 15.0. The molecule has 1 amide bonds. The first-order valence-corrected chi connectivity index (χ1v) is 8.35. The van der Waals surface area contributed by atoms with Gasteiger partial charge in [-0.1, -0.05) is 30.3 Å². The first kappa shape index (κ1) is 19.3. The van der Waals surface area contributed by atoms with Crippen LogP contribution in [-0.2, 0) is 14.3 Å². The van der Waals surface area contributed by atoms with Crippen LogP contribution in [-0.4, -0.2) is 38.2 Å². The molecular formula is C20H23NO5. The summed E-state index contributed by atoms with van der Waals surface area (Å²) in [5.41, 5.74) is 1.97. The molecule has 26 heavy (non-hydrogen) atoms. The normalized spacial score (nSPS) is 10.1. The molecule has 0 atom stereocenters. The van der Waals surface area contributed by atoms with Crippen LogP contribution in [0, 0.1) is 13.8 Å². The van der Waals surface area contributed by atoms with E-state index in [1.54, 1.807) is 0 Å². The van der Waals surface area contributed by atoms with Crippen LogP contribution in [0.4, 0.5) is 0 Å². The predicted octanol–water partition coefficient (Wildman–Crippen LogP) is 2.42. The number of hydrogen-bond acceptors (Lipinski definition) is 5. The number of nitrogens with one attached hydrogen (secondary N) is 1. The Morgan fingerprint density at radius 3 is 2.50 bits per heavy atom. The van der Waals surface area contributed by atoms with Gasteiger partial charge in [-0.15, -0.1) is 0 Å². The maximum absolute atomic E-state index is 11.7. The second kappa shape index (κ2) is 10.1. The van der Waals surface area contributed by atoms with Crippen molar-refractivity contribution in [1.29, 1.82) is 0 Å². The van der Waals surface area contributed by atoms with Gasteiger partial charge in [0.2, 0.25) is 0 Å². The highest BCUT2D eigenvalue weighted by atomic mass is 16.6. The summed E-state index contributed by atoms with van der Waals surface area (Å²) in [6.45, 7) is 3.90. The van der Waals surface area contributed by atoms with Crippen molar-refractivity contribution in [3.8, 4) is 11.5 Å². The van der Waals surface area contributed by atoms with E-state index in [0.29, 0.717) is 18.9 Å². The molecule has 0 saturated carbocycles. The van der Waals surface area contributed by atoms with Gasteiger partial charge in [0.25, 0.3) is 5.91 Å². The first-order chi connectivity index (χ1) is 12.5. The molecule has 0 bridgehead atoms. The van der Waals surface area contributed by atoms with Crippen LogP contribution in [0.15, 0.2) is 48.5 Å². The van der Waals surface area contributed by atoms with E-state index >= 15 is 0 Å². The Morgan fingerprint density at radius 1 is 0.962 bits per heavy atom. The van der Waals surface area contributed by atoms with Gasteiger partial charge in [0.1, 0.15) is 18.1 Å². The maximum atomic E-state index is 11.7.